The van der Waals surface area contributed by atoms with Gasteiger partial charge < -0.3 is 10.0 Å². The molecule has 0 radical (unpaired) electrons. The van der Waals surface area contributed by atoms with E-state index in [0.717, 1.165) is 24.5 Å². The van der Waals surface area contributed by atoms with Crippen molar-refractivity contribution in [3.05, 3.63) is 23.9 Å². The monoisotopic (exact) mass is 238 g/mol. The van der Waals surface area contributed by atoms with Crippen LogP contribution in [0.25, 0.3) is 0 Å². The molecule has 1 aromatic rings. The molecule has 1 unspecified atom stereocenters. The highest BCUT2D eigenvalue weighted by molar-refractivity contribution is 7.99. The topological polar surface area (TPSA) is 36.4 Å². The predicted octanol–water partition coefficient (Wildman–Crippen LogP) is 2.08. The standard InChI is InChI=1S/C12H18N2OS/c1-10(15)11-3-4-13-12(9-11)14-5-2-7-16-8-6-14/h3-4,9-10,15H,2,5-8H2,1H3. The van der Waals surface area contributed by atoms with E-state index in [-0.39, 0.29) is 0 Å². The minimum absolute atomic E-state index is 0.414. The molecule has 3 nitrogen and oxygen atoms in total. The van der Waals surface area contributed by atoms with Gasteiger partial charge in [0.2, 0.25) is 0 Å². The van der Waals surface area contributed by atoms with Crippen LogP contribution in [0.4, 0.5) is 5.82 Å². The summed E-state index contributed by atoms with van der Waals surface area (Å²) in [6, 6.07) is 3.88. The number of aliphatic hydroxyl groups excluding tert-OH is 1. The molecule has 2 heterocycles. The Morgan fingerprint density at radius 2 is 2.31 bits per heavy atom. The maximum Gasteiger partial charge on any atom is 0.128 e. The number of hydrogen-bond donors (Lipinski definition) is 1. The first-order chi connectivity index (χ1) is 7.77. The van der Waals surface area contributed by atoms with Crippen LogP contribution in [0.15, 0.2) is 18.3 Å². The molecule has 1 saturated heterocycles. The van der Waals surface area contributed by atoms with Crippen LogP contribution in [0.1, 0.15) is 25.0 Å². The van der Waals surface area contributed by atoms with Crippen LogP contribution in [0, 0.1) is 0 Å². The summed E-state index contributed by atoms with van der Waals surface area (Å²) >= 11 is 2.01. The molecule has 16 heavy (non-hydrogen) atoms. The van der Waals surface area contributed by atoms with E-state index in [2.05, 4.69) is 9.88 Å². The van der Waals surface area contributed by atoms with Gasteiger partial charge in [-0.2, -0.15) is 11.8 Å². The summed E-state index contributed by atoms with van der Waals surface area (Å²) in [7, 11) is 0. The van der Waals surface area contributed by atoms with Gasteiger partial charge in [-0.3, -0.25) is 0 Å². The fourth-order valence-electron chi connectivity index (χ4n) is 1.84. The fourth-order valence-corrected chi connectivity index (χ4v) is 2.73. The number of anilines is 1. The molecule has 4 heteroatoms. The summed E-state index contributed by atoms with van der Waals surface area (Å²) in [4.78, 5) is 6.70. The summed E-state index contributed by atoms with van der Waals surface area (Å²) in [5.74, 6) is 3.41. The summed E-state index contributed by atoms with van der Waals surface area (Å²) in [6.45, 7) is 3.92. The van der Waals surface area contributed by atoms with Gasteiger partial charge in [0.15, 0.2) is 0 Å². The predicted molar refractivity (Wildman–Crippen MR) is 69.0 cm³/mol. The van der Waals surface area contributed by atoms with E-state index >= 15 is 0 Å². The number of thioether (sulfide) groups is 1. The first kappa shape index (κ1) is 11.7. The highest BCUT2D eigenvalue weighted by Crippen LogP contribution is 2.20. The van der Waals surface area contributed by atoms with Crippen LogP contribution in [-0.2, 0) is 0 Å². The molecule has 0 saturated carbocycles. The maximum atomic E-state index is 9.55. The van der Waals surface area contributed by atoms with Crippen molar-refractivity contribution in [3.63, 3.8) is 0 Å². The van der Waals surface area contributed by atoms with Crippen molar-refractivity contribution in [1.29, 1.82) is 0 Å². The second-order valence-electron chi connectivity index (χ2n) is 4.08. The zero-order valence-corrected chi connectivity index (χ0v) is 10.4. The Balaban J connectivity index is 2.15. The molecule has 2 rings (SSSR count). The van der Waals surface area contributed by atoms with Gasteiger partial charge in [-0.25, -0.2) is 4.98 Å². The van der Waals surface area contributed by atoms with Gasteiger partial charge in [0.05, 0.1) is 6.10 Å². The molecule has 1 atom stereocenters. The SMILES string of the molecule is CC(O)c1ccnc(N2CCCSCC2)c1. The molecule has 0 bridgehead atoms. The van der Waals surface area contributed by atoms with Crippen molar-refractivity contribution in [1.82, 2.24) is 4.98 Å². The lowest BCUT2D eigenvalue weighted by molar-refractivity contribution is 0.199. The average Bonchev–Trinajstić information content (AvgIpc) is 2.57. The third-order valence-corrected chi connectivity index (χ3v) is 3.85. The molecular weight excluding hydrogens is 220 g/mol. The Labute approximate surface area is 101 Å². The first-order valence-electron chi connectivity index (χ1n) is 5.74. The molecule has 1 fully saturated rings. The number of rotatable bonds is 2. The molecule has 1 aliphatic heterocycles. The smallest absolute Gasteiger partial charge is 0.128 e. The third-order valence-electron chi connectivity index (χ3n) is 2.80. The Bertz CT molecular complexity index is 336. The Kier molecular flexibility index (Phi) is 4.07. The van der Waals surface area contributed by atoms with E-state index in [0.29, 0.717) is 0 Å². The highest BCUT2D eigenvalue weighted by Gasteiger charge is 2.12. The van der Waals surface area contributed by atoms with Crippen molar-refractivity contribution in [2.24, 2.45) is 0 Å². The molecule has 0 aliphatic carbocycles. The normalized spacial score (nSPS) is 19.2. The van der Waals surface area contributed by atoms with Gasteiger partial charge in [-0.05, 0) is 36.8 Å². The molecule has 1 aliphatic rings. The van der Waals surface area contributed by atoms with Crippen molar-refractivity contribution >= 4 is 17.6 Å². The Morgan fingerprint density at radius 3 is 3.12 bits per heavy atom. The van der Waals surface area contributed by atoms with Gasteiger partial charge in [-0.15, -0.1) is 0 Å². The summed E-state index contributed by atoms with van der Waals surface area (Å²) in [5.41, 5.74) is 0.946. The summed E-state index contributed by atoms with van der Waals surface area (Å²) < 4.78 is 0. The van der Waals surface area contributed by atoms with E-state index in [4.69, 9.17) is 0 Å². The summed E-state index contributed by atoms with van der Waals surface area (Å²) in [6.07, 6.45) is 2.59. The van der Waals surface area contributed by atoms with Gasteiger partial charge in [0.1, 0.15) is 5.82 Å². The third kappa shape index (κ3) is 2.89. The number of nitrogens with zero attached hydrogens (tertiary/aromatic N) is 2. The second kappa shape index (κ2) is 5.55. The van der Waals surface area contributed by atoms with E-state index < -0.39 is 6.10 Å². The maximum absolute atomic E-state index is 9.55. The van der Waals surface area contributed by atoms with Gasteiger partial charge in [0, 0.05) is 25.0 Å². The Morgan fingerprint density at radius 1 is 1.44 bits per heavy atom. The molecule has 88 valence electrons. The average molecular weight is 238 g/mol. The largest absolute Gasteiger partial charge is 0.389 e. The number of aromatic nitrogens is 1. The van der Waals surface area contributed by atoms with Crippen LogP contribution in [-0.4, -0.2) is 34.7 Å². The van der Waals surface area contributed by atoms with E-state index in [1.54, 1.807) is 13.1 Å². The lowest BCUT2D eigenvalue weighted by atomic mass is 10.1. The minimum Gasteiger partial charge on any atom is -0.389 e. The van der Waals surface area contributed by atoms with Gasteiger partial charge in [0.25, 0.3) is 0 Å². The van der Waals surface area contributed by atoms with Crippen LogP contribution < -0.4 is 4.90 Å². The first-order valence-corrected chi connectivity index (χ1v) is 6.89. The fraction of sp³-hybridized carbons (Fsp3) is 0.583. The van der Waals surface area contributed by atoms with E-state index in [1.807, 2.05) is 23.9 Å². The molecule has 0 aromatic carbocycles. The minimum atomic E-state index is -0.414. The quantitative estimate of drug-likeness (QED) is 0.856. The number of aliphatic hydroxyl groups is 1. The zero-order chi connectivity index (χ0) is 11.4. The zero-order valence-electron chi connectivity index (χ0n) is 9.59. The molecule has 0 amide bonds. The molecular formula is C12H18N2OS. The number of hydrogen-bond acceptors (Lipinski definition) is 4. The van der Waals surface area contributed by atoms with E-state index in [1.165, 1.54) is 17.9 Å². The Hall–Kier alpha value is -0.740. The molecule has 0 spiro atoms. The van der Waals surface area contributed by atoms with Gasteiger partial charge >= 0.3 is 0 Å². The second-order valence-corrected chi connectivity index (χ2v) is 5.30. The van der Waals surface area contributed by atoms with Crippen molar-refractivity contribution in [2.75, 3.05) is 29.5 Å². The van der Waals surface area contributed by atoms with Crippen molar-refractivity contribution in [2.45, 2.75) is 19.4 Å². The number of pyridine rings is 1. The lowest BCUT2D eigenvalue weighted by Gasteiger charge is -2.21. The lowest BCUT2D eigenvalue weighted by Crippen LogP contribution is -2.26. The van der Waals surface area contributed by atoms with Crippen LogP contribution in [0.2, 0.25) is 0 Å². The van der Waals surface area contributed by atoms with E-state index in [9.17, 15) is 5.11 Å². The molecule has 1 aromatic heterocycles. The van der Waals surface area contributed by atoms with Crippen LogP contribution in [0.5, 0.6) is 0 Å². The van der Waals surface area contributed by atoms with Crippen molar-refractivity contribution < 1.29 is 5.11 Å². The van der Waals surface area contributed by atoms with Gasteiger partial charge in [-0.1, -0.05) is 0 Å². The van der Waals surface area contributed by atoms with Crippen LogP contribution in [0.3, 0.4) is 0 Å². The van der Waals surface area contributed by atoms with Crippen LogP contribution >= 0.6 is 11.8 Å². The van der Waals surface area contributed by atoms with Crippen molar-refractivity contribution in [3.8, 4) is 0 Å². The highest BCUT2D eigenvalue weighted by atomic mass is 32.2. The summed E-state index contributed by atoms with van der Waals surface area (Å²) in [5, 5.41) is 9.55. The molecule has 1 N–H and O–H groups in total.